The molecule has 0 bridgehead atoms. The Labute approximate surface area is 171 Å². The highest BCUT2D eigenvalue weighted by molar-refractivity contribution is 7.11. The van der Waals surface area contributed by atoms with Crippen LogP contribution < -0.4 is 15.4 Å². The van der Waals surface area contributed by atoms with Crippen LogP contribution in [-0.2, 0) is 4.79 Å². The average Bonchev–Trinajstić information content (AvgIpc) is 3.24. The summed E-state index contributed by atoms with van der Waals surface area (Å²) in [5, 5.41) is 12.6. The number of thiazole rings is 1. The van der Waals surface area contributed by atoms with E-state index in [9.17, 15) is 9.90 Å². The average molecular weight is 404 g/mol. The monoisotopic (exact) mass is 404 g/mol. The number of hydrogen-bond acceptors (Lipinski definition) is 5. The zero-order valence-corrected chi connectivity index (χ0v) is 16.6. The van der Waals surface area contributed by atoms with E-state index in [1.807, 2.05) is 47.0 Å². The van der Waals surface area contributed by atoms with Crippen LogP contribution in [0.2, 0.25) is 0 Å². The summed E-state index contributed by atoms with van der Waals surface area (Å²) >= 11 is 1.33. The number of fused-ring (bicyclic) bond motifs is 1. The fourth-order valence-electron chi connectivity index (χ4n) is 4.09. The van der Waals surface area contributed by atoms with Gasteiger partial charge in [0.15, 0.2) is 10.6 Å². The van der Waals surface area contributed by atoms with Crippen molar-refractivity contribution in [1.29, 1.82) is 0 Å². The van der Waals surface area contributed by atoms with Crippen molar-refractivity contribution in [3.05, 3.63) is 68.9 Å². The molecule has 0 unspecified atom stereocenters. The smallest absolute Gasteiger partial charge is 0.279 e. The first-order valence-corrected chi connectivity index (χ1v) is 10.7. The van der Waals surface area contributed by atoms with Crippen molar-refractivity contribution in [1.82, 2.24) is 9.55 Å². The summed E-state index contributed by atoms with van der Waals surface area (Å²) in [6.45, 7) is 0. The minimum absolute atomic E-state index is 0.104. The molecule has 1 fully saturated rings. The van der Waals surface area contributed by atoms with Gasteiger partial charge < -0.3 is 5.11 Å². The van der Waals surface area contributed by atoms with Crippen molar-refractivity contribution in [2.75, 3.05) is 0 Å². The maximum Gasteiger partial charge on any atom is 0.279 e. The van der Waals surface area contributed by atoms with Crippen LogP contribution in [0.4, 0.5) is 5.82 Å². The van der Waals surface area contributed by atoms with E-state index in [1.54, 1.807) is 6.20 Å². The van der Waals surface area contributed by atoms with Gasteiger partial charge in [0.05, 0.1) is 10.9 Å². The Balaban J connectivity index is 1.76. The minimum atomic E-state index is -0.317. The molecule has 2 aromatic heterocycles. The second-order valence-corrected chi connectivity index (χ2v) is 8.29. The molecule has 0 radical (unpaired) electrons. The van der Waals surface area contributed by atoms with E-state index in [0.29, 0.717) is 26.4 Å². The highest BCUT2D eigenvalue weighted by Crippen LogP contribution is 2.36. The van der Waals surface area contributed by atoms with Crippen molar-refractivity contribution >= 4 is 28.6 Å². The first-order chi connectivity index (χ1) is 14.2. The Morgan fingerprint density at radius 1 is 1.07 bits per heavy atom. The van der Waals surface area contributed by atoms with Crippen LogP contribution in [0.25, 0.3) is 5.57 Å². The number of amides is 1. The second-order valence-electron chi connectivity index (χ2n) is 7.31. The molecule has 1 aliphatic heterocycles. The maximum absolute atomic E-state index is 12.7. The first-order valence-electron chi connectivity index (χ1n) is 9.85. The minimum Gasteiger partial charge on any atom is -0.493 e. The van der Waals surface area contributed by atoms with Gasteiger partial charge in [-0.05, 0) is 31.0 Å². The number of pyridine rings is 1. The number of aromatic hydroxyl groups is 1. The predicted molar refractivity (Wildman–Crippen MR) is 110 cm³/mol. The lowest BCUT2D eigenvalue weighted by Crippen LogP contribution is -2.23. The Morgan fingerprint density at radius 3 is 2.66 bits per heavy atom. The van der Waals surface area contributed by atoms with Crippen LogP contribution in [0.15, 0.2) is 58.6 Å². The molecule has 146 valence electrons. The summed E-state index contributed by atoms with van der Waals surface area (Å²) in [6.07, 6.45) is 7.14. The lowest BCUT2D eigenvalue weighted by Gasteiger charge is -2.23. The standard InChI is InChI=1S/C22H20N4O2S/c27-20-18(15-10-4-5-11-16(15)24-20)19-21(28)26(14-8-2-1-3-9-14)22(29-19)25-17-12-6-7-13-23-17/h4-7,10-14,28H,1-3,8-9H2/b25-22+. The van der Waals surface area contributed by atoms with Crippen LogP contribution in [-0.4, -0.2) is 20.6 Å². The number of carbonyl (C=O) groups is 1. The van der Waals surface area contributed by atoms with Crippen LogP contribution >= 0.6 is 11.3 Å². The predicted octanol–water partition coefficient (Wildman–Crippen LogP) is 2.75. The molecule has 1 aliphatic carbocycles. The Bertz CT molecular complexity index is 1270. The number of nitrogens with zero attached hydrogens (tertiary/aromatic N) is 4. The number of carbonyl (C=O) groups excluding carboxylic acids is 1. The molecule has 0 atom stereocenters. The molecular weight excluding hydrogens is 384 g/mol. The molecule has 1 saturated carbocycles. The third-order valence-corrected chi connectivity index (χ3v) is 6.53. The van der Waals surface area contributed by atoms with Crippen LogP contribution in [0.5, 0.6) is 5.88 Å². The van der Waals surface area contributed by atoms with Gasteiger partial charge in [0.1, 0.15) is 4.88 Å². The Morgan fingerprint density at radius 2 is 1.86 bits per heavy atom. The molecule has 3 aromatic rings. The van der Waals surface area contributed by atoms with Gasteiger partial charge in [-0.3, -0.25) is 9.36 Å². The molecule has 29 heavy (non-hydrogen) atoms. The SMILES string of the molecule is O=C1N=c2ccccc2=C1c1s/c(=N/c2ccccn2)n(C2CCCCC2)c1O. The molecule has 5 rings (SSSR count). The van der Waals surface area contributed by atoms with Crippen LogP contribution in [0.1, 0.15) is 43.0 Å². The Hall–Kier alpha value is -3.06. The highest BCUT2D eigenvalue weighted by atomic mass is 32.1. The van der Waals surface area contributed by atoms with Gasteiger partial charge in [-0.25, -0.2) is 15.0 Å². The number of aromatic nitrogens is 2. The normalized spacial score (nSPS) is 17.4. The van der Waals surface area contributed by atoms with Gasteiger partial charge in [-0.15, -0.1) is 0 Å². The topological polar surface area (TPSA) is 79.8 Å². The van der Waals surface area contributed by atoms with Crippen molar-refractivity contribution in [3.63, 3.8) is 0 Å². The number of hydrogen-bond donors (Lipinski definition) is 1. The van der Waals surface area contributed by atoms with E-state index < -0.39 is 0 Å². The summed E-state index contributed by atoms with van der Waals surface area (Å²) in [4.78, 5) is 27.0. The molecule has 6 nitrogen and oxygen atoms in total. The highest BCUT2D eigenvalue weighted by Gasteiger charge is 2.28. The zero-order chi connectivity index (χ0) is 19.8. The summed E-state index contributed by atoms with van der Waals surface area (Å²) in [7, 11) is 0. The number of para-hydroxylation sites is 1. The van der Waals surface area contributed by atoms with E-state index in [-0.39, 0.29) is 17.8 Å². The largest absolute Gasteiger partial charge is 0.493 e. The van der Waals surface area contributed by atoms with Gasteiger partial charge in [-0.2, -0.15) is 0 Å². The second kappa shape index (κ2) is 7.40. The van der Waals surface area contributed by atoms with Gasteiger partial charge >= 0.3 is 0 Å². The lowest BCUT2D eigenvalue weighted by atomic mass is 9.95. The van der Waals surface area contributed by atoms with E-state index in [0.717, 1.165) is 30.9 Å². The Kier molecular flexibility index (Phi) is 4.60. The molecule has 1 aromatic carbocycles. The molecule has 1 N–H and O–H groups in total. The zero-order valence-electron chi connectivity index (χ0n) is 15.8. The van der Waals surface area contributed by atoms with E-state index in [2.05, 4.69) is 9.98 Å². The maximum atomic E-state index is 12.7. The van der Waals surface area contributed by atoms with Gasteiger partial charge in [0, 0.05) is 17.5 Å². The fourth-order valence-corrected chi connectivity index (χ4v) is 5.24. The van der Waals surface area contributed by atoms with E-state index in [1.165, 1.54) is 17.8 Å². The molecule has 2 aliphatic rings. The summed E-state index contributed by atoms with van der Waals surface area (Å²) < 4.78 is 1.90. The van der Waals surface area contributed by atoms with E-state index >= 15 is 0 Å². The summed E-state index contributed by atoms with van der Waals surface area (Å²) in [5.41, 5.74) is 0.454. The third kappa shape index (κ3) is 3.21. The van der Waals surface area contributed by atoms with Gasteiger partial charge in [0.2, 0.25) is 5.88 Å². The quantitative estimate of drug-likeness (QED) is 0.729. The first kappa shape index (κ1) is 18.0. The van der Waals surface area contributed by atoms with E-state index in [4.69, 9.17) is 4.99 Å². The molecular formula is C22H20N4O2S. The fraction of sp³-hybridized carbons (Fsp3) is 0.273. The van der Waals surface area contributed by atoms with Gasteiger partial charge in [0.25, 0.3) is 5.91 Å². The van der Waals surface area contributed by atoms with Crippen molar-refractivity contribution in [3.8, 4) is 5.88 Å². The van der Waals surface area contributed by atoms with Crippen molar-refractivity contribution in [2.24, 2.45) is 9.98 Å². The molecule has 0 spiro atoms. The van der Waals surface area contributed by atoms with Crippen molar-refractivity contribution in [2.45, 2.75) is 38.1 Å². The third-order valence-electron chi connectivity index (χ3n) is 5.47. The van der Waals surface area contributed by atoms with Crippen LogP contribution in [0.3, 0.4) is 0 Å². The number of rotatable bonds is 3. The lowest BCUT2D eigenvalue weighted by molar-refractivity contribution is -0.112. The van der Waals surface area contributed by atoms with Crippen molar-refractivity contribution < 1.29 is 9.90 Å². The summed E-state index contributed by atoms with van der Waals surface area (Å²) in [6, 6.07) is 13.2. The molecule has 7 heteroatoms. The van der Waals surface area contributed by atoms with Crippen LogP contribution in [0, 0.1) is 0 Å². The number of benzene rings is 1. The van der Waals surface area contributed by atoms with Gasteiger partial charge in [-0.1, -0.05) is 54.9 Å². The summed E-state index contributed by atoms with van der Waals surface area (Å²) in [5.74, 6) is 0.368. The molecule has 1 amide bonds. The molecule has 0 saturated heterocycles. The molecule has 3 heterocycles.